The highest BCUT2D eigenvalue weighted by atomic mass is 32.1. The number of carbonyl (C=O) groups is 1. The maximum absolute atomic E-state index is 12.4. The molecule has 1 aromatic heterocycles. The summed E-state index contributed by atoms with van der Waals surface area (Å²) in [4.78, 5) is 21.5. The normalized spacial score (nSPS) is 14.7. The molecule has 3 aromatic rings. The Morgan fingerprint density at radius 1 is 1.03 bits per heavy atom. The summed E-state index contributed by atoms with van der Waals surface area (Å²) in [7, 11) is 0. The molecule has 0 aliphatic carbocycles. The molecular formula is C23H25N3O2S. The summed E-state index contributed by atoms with van der Waals surface area (Å²) < 4.78 is 5.63. The molecule has 4 rings (SSSR count). The van der Waals surface area contributed by atoms with Crippen LogP contribution in [0, 0.1) is 6.92 Å². The van der Waals surface area contributed by atoms with Crippen LogP contribution in [0.5, 0.6) is 5.75 Å². The lowest BCUT2D eigenvalue weighted by atomic mass is 10.2. The van der Waals surface area contributed by atoms with E-state index in [1.54, 1.807) is 11.3 Å². The van der Waals surface area contributed by atoms with Crippen LogP contribution in [0.2, 0.25) is 0 Å². The molecule has 1 saturated heterocycles. The van der Waals surface area contributed by atoms with Gasteiger partial charge in [0.1, 0.15) is 10.8 Å². The molecular weight excluding hydrogens is 382 g/mol. The molecule has 1 aliphatic heterocycles. The number of ether oxygens (including phenoxy) is 1. The number of hydrogen-bond donors (Lipinski definition) is 0. The van der Waals surface area contributed by atoms with E-state index in [1.807, 2.05) is 54.3 Å². The summed E-state index contributed by atoms with van der Waals surface area (Å²) >= 11 is 1.70. The maximum Gasteiger partial charge on any atom is 0.260 e. The third-order valence-electron chi connectivity index (χ3n) is 5.09. The lowest BCUT2D eigenvalue weighted by Gasteiger charge is -2.34. The second-order valence-electron chi connectivity index (χ2n) is 7.25. The topological polar surface area (TPSA) is 45.7 Å². The maximum atomic E-state index is 12.4. The van der Waals surface area contributed by atoms with Gasteiger partial charge in [0.15, 0.2) is 6.61 Å². The minimum Gasteiger partial charge on any atom is -0.484 e. The zero-order chi connectivity index (χ0) is 20.1. The van der Waals surface area contributed by atoms with Gasteiger partial charge in [-0.3, -0.25) is 9.69 Å². The van der Waals surface area contributed by atoms with E-state index in [-0.39, 0.29) is 12.5 Å². The van der Waals surface area contributed by atoms with Crippen LogP contribution in [-0.2, 0) is 11.3 Å². The highest BCUT2D eigenvalue weighted by Gasteiger charge is 2.22. The van der Waals surface area contributed by atoms with Gasteiger partial charge >= 0.3 is 0 Å². The molecule has 150 valence electrons. The minimum absolute atomic E-state index is 0.0471. The van der Waals surface area contributed by atoms with Crippen LogP contribution in [0.25, 0.3) is 11.3 Å². The van der Waals surface area contributed by atoms with Crippen LogP contribution in [-0.4, -0.2) is 53.5 Å². The van der Waals surface area contributed by atoms with Crippen LogP contribution in [0.3, 0.4) is 0 Å². The number of carbonyl (C=O) groups excluding carboxylic acids is 1. The first-order chi connectivity index (χ1) is 14.2. The first-order valence-corrected chi connectivity index (χ1v) is 10.7. The van der Waals surface area contributed by atoms with Gasteiger partial charge in [0.2, 0.25) is 0 Å². The van der Waals surface area contributed by atoms with E-state index in [0.29, 0.717) is 0 Å². The molecule has 5 nitrogen and oxygen atoms in total. The van der Waals surface area contributed by atoms with E-state index in [9.17, 15) is 4.79 Å². The van der Waals surface area contributed by atoms with Crippen LogP contribution < -0.4 is 4.74 Å². The lowest BCUT2D eigenvalue weighted by molar-refractivity contribution is -0.135. The second-order valence-corrected chi connectivity index (χ2v) is 8.19. The van der Waals surface area contributed by atoms with E-state index >= 15 is 0 Å². The van der Waals surface area contributed by atoms with Crippen molar-refractivity contribution in [2.75, 3.05) is 32.8 Å². The summed E-state index contributed by atoms with van der Waals surface area (Å²) in [5.74, 6) is 0.784. The van der Waals surface area contributed by atoms with Gasteiger partial charge in [0.25, 0.3) is 5.91 Å². The number of aromatic nitrogens is 1. The fourth-order valence-corrected chi connectivity index (χ4v) is 4.19. The van der Waals surface area contributed by atoms with Crippen molar-refractivity contribution in [3.8, 4) is 17.0 Å². The number of hydrogen-bond acceptors (Lipinski definition) is 5. The molecule has 0 N–H and O–H groups in total. The molecule has 6 heteroatoms. The fraction of sp³-hybridized carbons (Fsp3) is 0.304. The van der Waals surface area contributed by atoms with Gasteiger partial charge in [0, 0.05) is 37.1 Å². The van der Waals surface area contributed by atoms with E-state index in [1.165, 1.54) is 5.56 Å². The average Bonchev–Trinajstić information content (AvgIpc) is 3.23. The molecule has 0 spiro atoms. The molecule has 0 atom stereocenters. The second kappa shape index (κ2) is 9.20. The van der Waals surface area contributed by atoms with Gasteiger partial charge in [-0.2, -0.15) is 0 Å². The summed E-state index contributed by atoms with van der Waals surface area (Å²) in [6.45, 7) is 6.13. The van der Waals surface area contributed by atoms with E-state index < -0.39 is 0 Å². The Labute approximate surface area is 175 Å². The Bertz CT molecular complexity index is 932. The largest absolute Gasteiger partial charge is 0.484 e. The first-order valence-electron chi connectivity index (χ1n) is 9.87. The molecule has 0 radical (unpaired) electrons. The Hall–Kier alpha value is -2.70. The van der Waals surface area contributed by atoms with Crippen LogP contribution >= 0.6 is 11.3 Å². The number of thiazole rings is 1. The van der Waals surface area contributed by atoms with Crippen LogP contribution in [0.1, 0.15) is 10.6 Å². The van der Waals surface area contributed by atoms with Crippen molar-refractivity contribution >= 4 is 17.2 Å². The monoisotopic (exact) mass is 407 g/mol. The Balaban J connectivity index is 1.23. The van der Waals surface area contributed by atoms with Crippen molar-refractivity contribution in [3.05, 3.63) is 70.5 Å². The predicted molar refractivity (Wildman–Crippen MR) is 116 cm³/mol. The molecule has 2 aromatic carbocycles. The van der Waals surface area contributed by atoms with Gasteiger partial charge in [-0.15, -0.1) is 11.3 Å². The van der Waals surface area contributed by atoms with Crippen molar-refractivity contribution in [1.82, 2.24) is 14.8 Å². The van der Waals surface area contributed by atoms with Gasteiger partial charge in [-0.1, -0.05) is 48.0 Å². The number of amides is 1. The molecule has 0 bridgehead atoms. The third-order valence-corrected chi connectivity index (χ3v) is 5.92. The highest BCUT2D eigenvalue weighted by molar-refractivity contribution is 7.09. The van der Waals surface area contributed by atoms with Crippen molar-refractivity contribution in [2.45, 2.75) is 13.5 Å². The molecule has 1 amide bonds. The van der Waals surface area contributed by atoms with Gasteiger partial charge in [-0.05, 0) is 19.1 Å². The highest BCUT2D eigenvalue weighted by Crippen LogP contribution is 2.22. The Morgan fingerprint density at radius 3 is 2.48 bits per heavy atom. The minimum atomic E-state index is 0.0471. The predicted octanol–water partition coefficient (Wildman–Crippen LogP) is 3.84. The van der Waals surface area contributed by atoms with Crippen LogP contribution in [0.4, 0.5) is 0 Å². The molecule has 1 fully saturated rings. The summed E-state index contributed by atoms with van der Waals surface area (Å²) in [5.41, 5.74) is 3.36. The van der Waals surface area contributed by atoms with Crippen molar-refractivity contribution < 1.29 is 9.53 Å². The number of aryl methyl sites for hydroxylation is 1. The SMILES string of the molecule is Cc1ccc(OCC(=O)N2CCN(Cc3nc(-c4ccccc4)cs3)CC2)cc1. The van der Waals surface area contributed by atoms with Gasteiger partial charge in [0.05, 0.1) is 12.2 Å². The van der Waals surface area contributed by atoms with Gasteiger partial charge in [-0.25, -0.2) is 4.98 Å². The average molecular weight is 408 g/mol. The molecule has 1 aliphatic rings. The molecule has 0 saturated carbocycles. The molecule has 0 unspecified atom stereocenters. The van der Waals surface area contributed by atoms with E-state index in [2.05, 4.69) is 22.4 Å². The smallest absolute Gasteiger partial charge is 0.260 e. The summed E-state index contributed by atoms with van der Waals surface area (Å²) in [6.07, 6.45) is 0. The number of piperazine rings is 1. The quantitative estimate of drug-likeness (QED) is 0.623. The third kappa shape index (κ3) is 5.22. The molecule has 2 heterocycles. The van der Waals surface area contributed by atoms with Gasteiger partial charge < -0.3 is 9.64 Å². The zero-order valence-corrected chi connectivity index (χ0v) is 17.4. The Morgan fingerprint density at radius 2 is 1.76 bits per heavy atom. The number of rotatable bonds is 6. The summed E-state index contributed by atoms with van der Waals surface area (Å²) in [6, 6.07) is 18.0. The van der Waals surface area contributed by atoms with Crippen molar-refractivity contribution in [3.63, 3.8) is 0 Å². The fourth-order valence-electron chi connectivity index (χ4n) is 3.34. The lowest BCUT2D eigenvalue weighted by Crippen LogP contribution is -2.49. The van der Waals surface area contributed by atoms with Crippen LogP contribution in [0.15, 0.2) is 60.0 Å². The Kier molecular flexibility index (Phi) is 6.22. The number of nitrogens with zero attached hydrogens (tertiary/aromatic N) is 3. The van der Waals surface area contributed by atoms with E-state index in [4.69, 9.17) is 9.72 Å². The van der Waals surface area contributed by atoms with Crippen molar-refractivity contribution in [1.29, 1.82) is 0 Å². The standard InChI is InChI=1S/C23H25N3O2S/c1-18-7-9-20(10-8-18)28-16-23(27)26-13-11-25(12-14-26)15-22-24-21(17-29-22)19-5-3-2-4-6-19/h2-10,17H,11-16H2,1H3. The molecule has 29 heavy (non-hydrogen) atoms. The number of benzene rings is 2. The first kappa shape index (κ1) is 19.6. The summed E-state index contributed by atoms with van der Waals surface area (Å²) in [5, 5.41) is 3.23. The van der Waals surface area contributed by atoms with E-state index in [0.717, 1.165) is 54.7 Å². The van der Waals surface area contributed by atoms with Crippen molar-refractivity contribution in [2.24, 2.45) is 0 Å². The zero-order valence-electron chi connectivity index (χ0n) is 16.6.